The zero-order valence-electron chi connectivity index (χ0n) is 26.7. The number of benzene rings is 4. The summed E-state index contributed by atoms with van der Waals surface area (Å²) in [6, 6.07) is 12.0. The van der Waals surface area contributed by atoms with E-state index in [9.17, 15) is 45.5 Å². The highest BCUT2D eigenvalue weighted by atomic mass is 19.4. The number of alkyl halides is 6. The van der Waals surface area contributed by atoms with Gasteiger partial charge >= 0.3 is 12.4 Å². The molecule has 4 N–H and O–H groups in total. The van der Waals surface area contributed by atoms with E-state index in [2.05, 4.69) is 10.2 Å². The van der Waals surface area contributed by atoms with Crippen molar-refractivity contribution in [2.45, 2.75) is 24.7 Å². The Kier molecular flexibility index (Phi) is 7.34. The first kappa shape index (κ1) is 34.0. The van der Waals surface area contributed by atoms with Gasteiger partial charge in [0, 0.05) is 23.9 Å². The Labute approximate surface area is 288 Å². The maximum Gasteiger partial charge on any atom is 0.411 e. The van der Waals surface area contributed by atoms with E-state index in [-0.39, 0.29) is 34.3 Å². The van der Waals surface area contributed by atoms with Gasteiger partial charge in [0.25, 0.3) is 23.6 Å². The zero-order chi connectivity index (χ0) is 37.7. The van der Waals surface area contributed by atoms with Crippen LogP contribution in [0.1, 0.15) is 58.1 Å². The predicted octanol–water partition coefficient (Wildman–Crippen LogP) is 6.31. The fourth-order valence-electron chi connectivity index (χ4n) is 6.39. The van der Waals surface area contributed by atoms with Crippen molar-refractivity contribution in [1.29, 1.82) is 0 Å². The van der Waals surface area contributed by atoms with Gasteiger partial charge in [0.15, 0.2) is 0 Å². The number of nitrogens with zero attached hydrogens (tertiary/aromatic N) is 4. The number of anilines is 3. The molecule has 0 bridgehead atoms. The van der Waals surface area contributed by atoms with Gasteiger partial charge in [-0.3, -0.25) is 24.1 Å². The van der Waals surface area contributed by atoms with Crippen LogP contribution in [0.25, 0.3) is 22.9 Å². The minimum absolute atomic E-state index is 0.000642. The summed E-state index contributed by atoms with van der Waals surface area (Å²) in [4.78, 5) is 53.1. The van der Waals surface area contributed by atoms with Crippen molar-refractivity contribution in [3.63, 3.8) is 0 Å². The molecule has 0 saturated heterocycles. The van der Waals surface area contributed by atoms with Crippen LogP contribution in [-0.2, 0) is 5.41 Å². The first-order chi connectivity index (χ1) is 24.4. The van der Waals surface area contributed by atoms with Crippen LogP contribution in [0.2, 0.25) is 0 Å². The fourth-order valence-corrected chi connectivity index (χ4v) is 6.39. The summed E-state index contributed by atoms with van der Waals surface area (Å²) < 4.78 is 95.7. The summed E-state index contributed by atoms with van der Waals surface area (Å²) in [5, 5.41) is 7.99. The Hall–Kier alpha value is -6.52. The van der Waals surface area contributed by atoms with Gasteiger partial charge in [-0.25, -0.2) is 4.90 Å². The van der Waals surface area contributed by atoms with Gasteiger partial charge < -0.3 is 15.9 Å². The number of amides is 4. The molecule has 52 heavy (non-hydrogen) atoms. The van der Waals surface area contributed by atoms with Gasteiger partial charge in [-0.05, 0) is 78.2 Å². The van der Waals surface area contributed by atoms with Crippen LogP contribution in [-0.4, -0.2) is 58.1 Å². The van der Waals surface area contributed by atoms with Crippen molar-refractivity contribution >= 4 is 40.7 Å². The molecule has 1 aromatic heterocycles. The second-order valence-electron chi connectivity index (χ2n) is 12.1. The molecule has 17 heteroatoms. The molecule has 7 rings (SSSR count). The maximum atomic E-state index is 15.0. The van der Waals surface area contributed by atoms with E-state index in [0.29, 0.717) is 57.4 Å². The molecular weight excluding hydrogens is 698 g/mol. The zero-order valence-corrected chi connectivity index (χ0v) is 26.7. The van der Waals surface area contributed by atoms with Gasteiger partial charge in [-0.1, -0.05) is 18.2 Å². The molecule has 2 aliphatic rings. The molecule has 2 aliphatic heterocycles. The molecule has 0 fully saturated rings. The molecular formula is C35H22F6N6O5. The second-order valence-corrected chi connectivity index (χ2v) is 12.1. The number of fused-ring (bicyclic) bond motifs is 2. The number of hydrogen-bond donors (Lipinski definition) is 2. The number of aromatic nitrogens is 2. The third-order valence-electron chi connectivity index (χ3n) is 9.16. The summed E-state index contributed by atoms with van der Waals surface area (Å²) in [6.45, 7) is 1.82. The third-order valence-corrected chi connectivity index (χ3v) is 9.16. The highest BCUT2D eigenvalue weighted by molar-refractivity contribution is 6.35. The molecule has 0 unspecified atom stereocenters. The van der Waals surface area contributed by atoms with Gasteiger partial charge in [-0.2, -0.15) is 26.3 Å². The minimum atomic E-state index is -6.10. The highest BCUT2D eigenvalue weighted by Crippen LogP contribution is 2.57. The molecule has 3 heterocycles. The predicted molar refractivity (Wildman–Crippen MR) is 172 cm³/mol. The van der Waals surface area contributed by atoms with Crippen LogP contribution in [0.5, 0.6) is 0 Å². The van der Waals surface area contributed by atoms with Crippen LogP contribution in [0.3, 0.4) is 0 Å². The Bertz CT molecular complexity index is 2390. The van der Waals surface area contributed by atoms with Crippen molar-refractivity contribution in [2.24, 2.45) is 0 Å². The molecule has 0 aliphatic carbocycles. The van der Waals surface area contributed by atoms with Crippen LogP contribution >= 0.6 is 0 Å². The molecule has 4 aromatic carbocycles. The Morgan fingerprint density at radius 3 is 1.58 bits per heavy atom. The normalized spacial score (nSPS) is 14.8. The summed E-state index contributed by atoms with van der Waals surface area (Å²) in [6.07, 6.45) is -12.2. The Morgan fingerprint density at radius 2 is 1.06 bits per heavy atom. The highest BCUT2D eigenvalue weighted by Gasteiger charge is 2.73. The number of hydrogen-bond acceptors (Lipinski definition) is 9. The summed E-state index contributed by atoms with van der Waals surface area (Å²) in [5.41, 5.74) is 3.96. The number of imide groups is 2. The quantitative estimate of drug-likeness (QED) is 0.120. The van der Waals surface area contributed by atoms with Crippen LogP contribution < -0.4 is 16.4 Å². The van der Waals surface area contributed by atoms with E-state index in [1.54, 1.807) is 18.2 Å². The van der Waals surface area contributed by atoms with E-state index in [0.717, 1.165) is 12.6 Å². The Morgan fingerprint density at radius 1 is 0.596 bits per heavy atom. The van der Waals surface area contributed by atoms with Crippen LogP contribution in [0, 0.1) is 6.92 Å². The lowest BCUT2D eigenvalue weighted by atomic mass is 9.71. The van der Waals surface area contributed by atoms with Crippen molar-refractivity contribution < 1.29 is 49.9 Å². The van der Waals surface area contributed by atoms with Crippen LogP contribution in [0.4, 0.5) is 43.4 Å². The van der Waals surface area contributed by atoms with Gasteiger partial charge in [0.05, 0.1) is 33.6 Å². The Balaban J connectivity index is 1.27. The summed E-state index contributed by atoms with van der Waals surface area (Å²) >= 11 is 0. The monoisotopic (exact) mass is 720 g/mol. The number of nitrogens with two attached hydrogens (primary N) is 2. The standard InChI is InChI=1S/C35H22F6N6O5/c1-15-3-4-16(11-24(15)42)27-44-45-28(52-27)17-5-10-26(25(43)12-17)47-31(50)21-9-7-19(14-23(21)32(47)51)33(34(36,37)38,35(39,40)41)18-6-8-20-22(13-18)30(49)46(2)29(20)48/h3-14H,42-43H2,1-2H3. The van der Waals surface area contributed by atoms with Gasteiger partial charge in [-0.15, -0.1) is 10.2 Å². The van der Waals surface area contributed by atoms with E-state index in [1.807, 2.05) is 6.92 Å². The van der Waals surface area contributed by atoms with Crippen molar-refractivity contribution in [1.82, 2.24) is 15.1 Å². The van der Waals surface area contributed by atoms with Gasteiger partial charge in [0.1, 0.15) is 0 Å². The lowest BCUT2D eigenvalue weighted by Gasteiger charge is -2.38. The first-order valence-corrected chi connectivity index (χ1v) is 15.1. The fraction of sp³-hybridized carbons (Fsp3) is 0.143. The number of carbonyl (C=O) groups is 4. The summed E-state index contributed by atoms with van der Waals surface area (Å²) in [7, 11) is 1.03. The smallest absolute Gasteiger partial charge is 0.411 e. The molecule has 0 spiro atoms. The maximum absolute atomic E-state index is 15.0. The van der Waals surface area contributed by atoms with E-state index in [1.165, 1.54) is 18.2 Å². The molecule has 4 amide bonds. The molecule has 264 valence electrons. The molecule has 0 atom stereocenters. The first-order valence-electron chi connectivity index (χ1n) is 15.1. The summed E-state index contributed by atoms with van der Waals surface area (Å²) in [5.74, 6) is -4.17. The van der Waals surface area contributed by atoms with Crippen molar-refractivity contribution in [3.05, 3.63) is 112 Å². The van der Waals surface area contributed by atoms with E-state index < -0.39 is 69.2 Å². The largest absolute Gasteiger partial charge is 0.416 e. The number of rotatable bonds is 5. The lowest BCUT2D eigenvalue weighted by Crippen LogP contribution is -2.55. The number of aryl methyl sites for hydroxylation is 1. The van der Waals surface area contributed by atoms with E-state index in [4.69, 9.17) is 15.9 Å². The molecule has 0 saturated carbocycles. The number of halogens is 6. The van der Waals surface area contributed by atoms with Crippen LogP contribution in [0.15, 0.2) is 77.2 Å². The topological polar surface area (TPSA) is 166 Å². The van der Waals surface area contributed by atoms with Gasteiger partial charge in [0.2, 0.25) is 17.2 Å². The SMILES string of the molecule is Cc1ccc(-c2nnc(-c3ccc(N4C(=O)c5ccc(C(c6ccc7c(c6)C(=O)N(C)C7=O)(C(F)(F)F)C(F)(F)F)cc5C4=O)c(N)c3)o2)cc1N. The second kappa shape index (κ2) is 11.2. The number of carbonyl (C=O) groups excluding carboxylic acids is 4. The average Bonchev–Trinajstić information content (AvgIpc) is 3.72. The third kappa shape index (κ3) is 4.75. The number of nitrogen functional groups attached to an aromatic ring is 2. The molecule has 0 radical (unpaired) electrons. The van der Waals surface area contributed by atoms with E-state index >= 15 is 0 Å². The average molecular weight is 721 g/mol. The lowest BCUT2D eigenvalue weighted by molar-refractivity contribution is -0.288. The van der Waals surface area contributed by atoms with Crippen molar-refractivity contribution in [3.8, 4) is 22.9 Å². The molecule has 5 aromatic rings. The minimum Gasteiger partial charge on any atom is -0.416 e. The molecule has 11 nitrogen and oxygen atoms in total. The van der Waals surface area contributed by atoms with Crippen molar-refractivity contribution in [2.75, 3.05) is 23.4 Å².